The molecule has 1 aliphatic heterocycles. The molecule has 3 amide bonds. The molecule has 1 unspecified atom stereocenters. The zero-order valence-corrected chi connectivity index (χ0v) is 23.7. The van der Waals surface area contributed by atoms with Crippen molar-refractivity contribution in [3.05, 3.63) is 78.5 Å². The summed E-state index contributed by atoms with van der Waals surface area (Å²) in [6.07, 6.45) is 0. The third kappa shape index (κ3) is 6.17. The van der Waals surface area contributed by atoms with Gasteiger partial charge in [-0.1, -0.05) is 63.2 Å². The van der Waals surface area contributed by atoms with Crippen molar-refractivity contribution >= 4 is 45.0 Å². The van der Waals surface area contributed by atoms with Crippen LogP contribution in [-0.4, -0.2) is 62.0 Å². The van der Waals surface area contributed by atoms with Gasteiger partial charge in [-0.3, -0.25) is 14.3 Å². The van der Waals surface area contributed by atoms with E-state index in [4.69, 9.17) is 9.84 Å². The molecule has 1 saturated heterocycles. The number of benzene rings is 3. The third-order valence-corrected chi connectivity index (χ3v) is 7.90. The highest BCUT2D eigenvalue weighted by Crippen LogP contribution is 2.32. The fourth-order valence-corrected chi connectivity index (χ4v) is 5.55. The van der Waals surface area contributed by atoms with Crippen molar-refractivity contribution in [1.29, 1.82) is 0 Å². The van der Waals surface area contributed by atoms with Crippen LogP contribution in [0.4, 0.5) is 16.3 Å². The second-order valence-corrected chi connectivity index (χ2v) is 12.2. The number of rotatable bonds is 7. The number of nitrogens with zero attached hydrogens (tertiary/aromatic N) is 3. The van der Waals surface area contributed by atoms with Crippen LogP contribution in [0.3, 0.4) is 0 Å². The Hall–Kier alpha value is -4.18. The van der Waals surface area contributed by atoms with E-state index in [1.165, 1.54) is 0 Å². The standard InChI is InChI=1S/C30H33N5O4S/c1-30(2,3)26-19-27(35(33-26)21-9-5-4-6-10-21)32-29(37)31-24-13-14-25(23-12-8-7-11-22(23)24)39-17-15-34-16-18-40(38)20-28(34)36/h4-14,19H,15-18,20H2,1-3H3,(H2,31,32,37). The highest BCUT2D eigenvalue weighted by molar-refractivity contribution is 7.85. The predicted molar refractivity (Wildman–Crippen MR) is 159 cm³/mol. The molecule has 0 aliphatic carbocycles. The zero-order chi connectivity index (χ0) is 28.3. The number of ether oxygens (including phenoxy) is 1. The molecule has 5 rings (SSSR count). The van der Waals surface area contributed by atoms with Gasteiger partial charge in [0.25, 0.3) is 0 Å². The van der Waals surface area contributed by atoms with Gasteiger partial charge in [-0.05, 0) is 24.3 Å². The molecule has 1 aromatic heterocycles. The molecule has 4 aromatic rings. The summed E-state index contributed by atoms with van der Waals surface area (Å²) >= 11 is 0. The number of para-hydroxylation sites is 1. The maximum absolute atomic E-state index is 13.2. The predicted octanol–water partition coefficient (Wildman–Crippen LogP) is 4.94. The van der Waals surface area contributed by atoms with Crippen LogP contribution in [0.25, 0.3) is 16.5 Å². The van der Waals surface area contributed by atoms with Crippen molar-refractivity contribution in [2.75, 3.05) is 41.8 Å². The Bertz CT molecular complexity index is 1560. The minimum atomic E-state index is -1.06. The molecule has 1 atom stereocenters. The lowest BCUT2D eigenvalue weighted by Crippen LogP contribution is -2.44. The Morgan fingerprint density at radius 1 is 1.00 bits per heavy atom. The topological polar surface area (TPSA) is 106 Å². The first kappa shape index (κ1) is 27.4. The van der Waals surface area contributed by atoms with E-state index < -0.39 is 16.8 Å². The summed E-state index contributed by atoms with van der Waals surface area (Å²) in [5, 5.41) is 12.4. The molecular weight excluding hydrogens is 526 g/mol. The molecule has 2 heterocycles. The van der Waals surface area contributed by atoms with E-state index >= 15 is 0 Å². The van der Waals surface area contributed by atoms with Crippen molar-refractivity contribution in [1.82, 2.24) is 14.7 Å². The Labute approximate surface area is 236 Å². The molecular formula is C30H33N5O4S. The summed E-state index contributed by atoms with van der Waals surface area (Å²) in [5.41, 5.74) is 2.15. The Balaban J connectivity index is 1.32. The first-order valence-corrected chi connectivity index (χ1v) is 14.7. The molecule has 9 nitrogen and oxygen atoms in total. The molecule has 1 fully saturated rings. The van der Waals surface area contributed by atoms with Crippen LogP contribution in [0.1, 0.15) is 26.5 Å². The van der Waals surface area contributed by atoms with Gasteiger partial charge >= 0.3 is 6.03 Å². The number of anilines is 2. The Kier molecular flexibility index (Phi) is 7.88. The molecule has 0 radical (unpaired) electrons. The molecule has 0 spiro atoms. The van der Waals surface area contributed by atoms with Gasteiger partial charge in [0.2, 0.25) is 5.91 Å². The zero-order valence-electron chi connectivity index (χ0n) is 22.8. The van der Waals surface area contributed by atoms with Gasteiger partial charge in [-0.2, -0.15) is 5.10 Å². The quantitative estimate of drug-likeness (QED) is 0.334. The largest absolute Gasteiger partial charge is 0.491 e. The molecule has 10 heteroatoms. The molecule has 0 bridgehead atoms. The SMILES string of the molecule is CC(C)(C)c1cc(NC(=O)Nc2ccc(OCCN3CCS(=O)CC3=O)c3ccccc23)n(-c2ccccc2)n1. The van der Waals surface area contributed by atoms with Crippen molar-refractivity contribution < 1.29 is 18.5 Å². The first-order valence-electron chi connectivity index (χ1n) is 13.2. The highest BCUT2D eigenvalue weighted by atomic mass is 32.2. The lowest BCUT2D eigenvalue weighted by molar-refractivity contribution is -0.128. The number of carbonyl (C=O) groups excluding carboxylic acids is 2. The monoisotopic (exact) mass is 559 g/mol. The maximum Gasteiger partial charge on any atom is 0.324 e. The van der Waals surface area contributed by atoms with E-state index in [-0.39, 0.29) is 17.1 Å². The van der Waals surface area contributed by atoms with Crippen molar-refractivity contribution in [3.8, 4) is 11.4 Å². The smallest absolute Gasteiger partial charge is 0.324 e. The lowest BCUT2D eigenvalue weighted by Gasteiger charge is -2.26. The van der Waals surface area contributed by atoms with E-state index in [1.54, 1.807) is 9.58 Å². The highest BCUT2D eigenvalue weighted by Gasteiger charge is 2.23. The van der Waals surface area contributed by atoms with Crippen LogP contribution in [-0.2, 0) is 21.0 Å². The van der Waals surface area contributed by atoms with Crippen molar-refractivity contribution in [3.63, 3.8) is 0 Å². The van der Waals surface area contributed by atoms with Crippen LogP contribution in [0, 0.1) is 0 Å². The lowest BCUT2D eigenvalue weighted by atomic mass is 9.92. The number of nitrogens with one attached hydrogen (secondary N) is 2. The van der Waals surface area contributed by atoms with Crippen LogP contribution in [0.15, 0.2) is 72.8 Å². The second-order valence-electron chi connectivity index (χ2n) is 10.7. The number of amides is 3. The molecule has 3 aromatic carbocycles. The number of fused-ring (bicyclic) bond motifs is 1. The molecule has 208 valence electrons. The average molecular weight is 560 g/mol. The van der Waals surface area contributed by atoms with Crippen molar-refractivity contribution in [2.24, 2.45) is 0 Å². The molecule has 2 N–H and O–H groups in total. The van der Waals surface area contributed by atoms with E-state index in [0.717, 1.165) is 22.2 Å². The number of urea groups is 1. The van der Waals surface area contributed by atoms with Gasteiger partial charge < -0.3 is 15.0 Å². The molecule has 0 saturated carbocycles. The Morgan fingerprint density at radius 3 is 2.45 bits per heavy atom. The summed E-state index contributed by atoms with van der Waals surface area (Å²) in [7, 11) is -1.06. The first-order chi connectivity index (χ1) is 19.2. The minimum absolute atomic E-state index is 0.0784. The average Bonchev–Trinajstić information content (AvgIpc) is 3.36. The number of carbonyl (C=O) groups is 2. The summed E-state index contributed by atoms with van der Waals surface area (Å²) in [5.74, 6) is 1.70. The third-order valence-electron chi connectivity index (χ3n) is 6.70. The van der Waals surface area contributed by atoms with Crippen LogP contribution in [0.2, 0.25) is 0 Å². The van der Waals surface area contributed by atoms with Crippen LogP contribution >= 0.6 is 0 Å². The Morgan fingerprint density at radius 2 is 1.73 bits per heavy atom. The van der Waals surface area contributed by atoms with Gasteiger partial charge in [-0.15, -0.1) is 0 Å². The summed E-state index contributed by atoms with van der Waals surface area (Å²) < 4.78 is 19.4. The van der Waals surface area contributed by atoms with Crippen LogP contribution in [0.5, 0.6) is 5.75 Å². The van der Waals surface area contributed by atoms with E-state index in [2.05, 4.69) is 31.4 Å². The summed E-state index contributed by atoms with van der Waals surface area (Å²) in [4.78, 5) is 27.0. The summed E-state index contributed by atoms with van der Waals surface area (Å²) in [6.45, 7) is 7.46. The fraction of sp³-hybridized carbons (Fsp3) is 0.300. The van der Waals surface area contributed by atoms with Crippen molar-refractivity contribution in [2.45, 2.75) is 26.2 Å². The second kappa shape index (κ2) is 11.5. The number of hydrogen-bond donors (Lipinski definition) is 2. The number of hydrogen-bond acceptors (Lipinski definition) is 5. The van der Waals surface area contributed by atoms with Gasteiger partial charge in [0.05, 0.1) is 23.6 Å². The number of aromatic nitrogens is 2. The van der Waals surface area contributed by atoms with Crippen LogP contribution < -0.4 is 15.4 Å². The molecule has 40 heavy (non-hydrogen) atoms. The fourth-order valence-electron chi connectivity index (χ4n) is 4.52. The maximum atomic E-state index is 13.2. The van der Waals surface area contributed by atoms with E-state index in [0.29, 0.717) is 42.7 Å². The van der Waals surface area contributed by atoms with E-state index in [9.17, 15) is 13.8 Å². The van der Waals surface area contributed by atoms with E-state index in [1.807, 2.05) is 72.8 Å². The molecule has 1 aliphatic rings. The normalized spacial score (nSPS) is 15.7. The van der Waals surface area contributed by atoms with Gasteiger partial charge in [0, 0.05) is 45.4 Å². The van der Waals surface area contributed by atoms with Gasteiger partial charge in [0.1, 0.15) is 23.9 Å². The summed E-state index contributed by atoms with van der Waals surface area (Å²) in [6, 6.07) is 22.5. The van der Waals surface area contributed by atoms with Gasteiger partial charge in [-0.25, -0.2) is 9.48 Å². The van der Waals surface area contributed by atoms with Gasteiger partial charge in [0.15, 0.2) is 0 Å². The minimum Gasteiger partial charge on any atom is -0.491 e.